The molecule has 10 rings (SSSR count). The third-order valence-corrected chi connectivity index (χ3v) is 15.6. The summed E-state index contributed by atoms with van der Waals surface area (Å²) < 4.78 is 0. The smallest absolute Gasteiger partial charge is 0.0543 e. The zero-order valence-corrected chi connectivity index (χ0v) is 38.7. The highest BCUT2D eigenvalue weighted by molar-refractivity contribution is 5.96. The first kappa shape index (κ1) is 40.4. The van der Waals surface area contributed by atoms with Gasteiger partial charge in [0.2, 0.25) is 0 Å². The normalized spacial score (nSPS) is 18.2. The molecular formula is C61H63N. The molecule has 0 bridgehead atoms. The van der Waals surface area contributed by atoms with Crippen LogP contribution >= 0.6 is 0 Å². The summed E-state index contributed by atoms with van der Waals surface area (Å²) in [6, 6.07) is 57.9. The van der Waals surface area contributed by atoms with E-state index in [1.165, 1.54) is 103 Å². The molecule has 0 radical (unpaired) electrons. The fourth-order valence-corrected chi connectivity index (χ4v) is 11.7. The number of fused-ring (bicyclic) bond motifs is 5. The summed E-state index contributed by atoms with van der Waals surface area (Å²) in [6.45, 7) is 24.4. The molecule has 0 saturated carbocycles. The Hall–Kier alpha value is -5.66. The summed E-state index contributed by atoms with van der Waals surface area (Å²) in [5.74, 6) is 0. The van der Waals surface area contributed by atoms with Crippen LogP contribution in [0.1, 0.15) is 128 Å². The minimum absolute atomic E-state index is 0.0237. The minimum atomic E-state index is -0.156. The van der Waals surface area contributed by atoms with Crippen LogP contribution in [-0.2, 0) is 27.1 Å². The van der Waals surface area contributed by atoms with E-state index in [0.29, 0.717) is 0 Å². The number of benzene rings is 7. The average Bonchev–Trinajstić information content (AvgIpc) is 3.49. The number of rotatable bonds is 6. The van der Waals surface area contributed by atoms with E-state index in [0.717, 1.165) is 17.8 Å². The Labute approximate surface area is 371 Å². The van der Waals surface area contributed by atoms with E-state index >= 15 is 0 Å². The predicted octanol–water partition coefficient (Wildman–Crippen LogP) is 17.2. The topological polar surface area (TPSA) is 3.24 Å². The number of anilines is 3. The van der Waals surface area contributed by atoms with Crippen molar-refractivity contribution in [1.29, 1.82) is 0 Å². The summed E-state index contributed by atoms with van der Waals surface area (Å²) in [5, 5.41) is 0. The standard InChI is InChI=1S/C61H63N/c1-57(2)34-36-59(5,6)55-45(21-16-24-51(55)57)42-28-32-44(33-29-42)62(43-30-26-41(27-31-43)40-18-12-11-13-19-40)54-39-53-48(46-20-14-15-23-50(46)61(53,9)10)38-49(54)47-22-17-25-52-56(47)60(7,8)37-35-58(52,3)4/h11-33,38-39H,34-37H2,1-10H3. The van der Waals surface area contributed by atoms with Gasteiger partial charge >= 0.3 is 0 Å². The van der Waals surface area contributed by atoms with Crippen LogP contribution in [0.15, 0.2) is 152 Å². The van der Waals surface area contributed by atoms with E-state index in [4.69, 9.17) is 0 Å². The lowest BCUT2D eigenvalue weighted by Gasteiger charge is -2.43. The molecule has 0 spiro atoms. The van der Waals surface area contributed by atoms with Crippen LogP contribution in [0.25, 0.3) is 44.5 Å². The molecule has 0 amide bonds. The highest BCUT2D eigenvalue weighted by Gasteiger charge is 2.42. The third-order valence-electron chi connectivity index (χ3n) is 15.6. The quantitative estimate of drug-likeness (QED) is 0.162. The Balaban J connectivity index is 1.23. The molecule has 1 nitrogen and oxygen atoms in total. The van der Waals surface area contributed by atoms with Crippen molar-refractivity contribution in [3.05, 3.63) is 185 Å². The molecule has 7 aromatic carbocycles. The van der Waals surface area contributed by atoms with Crippen molar-refractivity contribution in [2.75, 3.05) is 4.90 Å². The Morgan fingerprint density at radius 3 is 1.37 bits per heavy atom. The van der Waals surface area contributed by atoms with Gasteiger partial charge in [-0.05, 0) is 156 Å². The van der Waals surface area contributed by atoms with Gasteiger partial charge in [-0.3, -0.25) is 0 Å². The molecule has 0 heterocycles. The van der Waals surface area contributed by atoms with Crippen LogP contribution in [-0.4, -0.2) is 0 Å². The molecule has 3 aliphatic carbocycles. The Kier molecular flexibility index (Phi) is 9.24. The molecule has 0 atom stereocenters. The highest BCUT2D eigenvalue weighted by atomic mass is 15.1. The third kappa shape index (κ3) is 6.41. The molecule has 0 aromatic heterocycles. The summed E-state index contributed by atoms with van der Waals surface area (Å²) in [7, 11) is 0. The Morgan fingerprint density at radius 2 is 0.774 bits per heavy atom. The van der Waals surface area contributed by atoms with Gasteiger partial charge < -0.3 is 4.90 Å². The largest absolute Gasteiger partial charge is 0.310 e. The van der Waals surface area contributed by atoms with Gasteiger partial charge in [0.25, 0.3) is 0 Å². The van der Waals surface area contributed by atoms with Crippen LogP contribution in [0, 0.1) is 0 Å². The monoisotopic (exact) mass is 809 g/mol. The molecule has 312 valence electrons. The molecule has 62 heavy (non-hydrogen) atoms. The highest BCUT2D eigenvalue weighted by Crippen LogP contribution is 2.57. The second kappa shape index (κ2) is 14.2. The average molecular weight is 810 g/mol. The first-order chi connectivity index (χ1) is 29.5. The van der Waals surface area contributed by atoms with Crippen LogP contribution < -0.4 is 4.90 Å². The summed E-state index contributed by atoms with van der Waals surface area (Å²) in [5.41, 5.74) is 23.0. The fourth-order valence-electron chi connectivity index (χ4n) is 11.7. The maximum atomic E-state index is 2.56. The molecule has 1 heteroatoms. The van der Waals surface area contributed by atoms with Gasteiger partial charge in [-0.15, -0.1) is 0 Å². The van der Waals surface area contributed by atoms with Crippen LogP contribution in [0.4, 0.5) is 17.1 Å². The van der Waals surface area contributed by atoms with E-state index in [9.17, 15) is 0 Å². The zero-order valence-electron chi connectivity index (χ0n) is 38.7. The van der Waals surface area contributed by atoms with Gasteiger partial charge in [0.1, 0.15) is 0 Å². The molecule has 0 N–H and O–H groups in total. The van der Waals surface area contributed by atoms with Crippen molar-refractivity contribution in [3.63, 3.8) is 0 Å². The predicted molar refractivity (Wildman–Crippen MR) is 266 cm³/mol. The van der Waals surface area contributed by atoms with Gasteiger partial charge in [-0.1, -0.05) is 184 Å². The van der Waals surface area contributed by atoms with Crippen molar-refractivity contribution in [1.82, 2.24) is 0 Å². The van der Waals surface area contributed by atoms with Crippen LogP contribution in [0.2, 0.25) is 0 Å². The Morgan fingerprint density at radius 1 is 0.323 bits per heavy atom. The second-order valence-electron chi connectivity index (χ2n) is 21.9. The summed E-state index contributed by atoms with van der Waals surface area (Å²) >= 11 is 0. The lowest BCUT2D eigenvalue weighted by Crippen LogP contribution is -2.34. The first-order valence-corrected chi connectivity index (χ1v) is 23.1. The van der Waals surface area contributed by atoms with Gasteiger partial charge in [-0.25, -0.2) is 0 Å². The molecule has 7 aromatic rings. The van der Waals surface area contributed by atoms with Crippen LogP contribution in [0.5, 0.6) is 0 Å². The van der Waals surface area contributed by atoms with Crippen molar-refractivity contribution >= 4 is 17.1 Å². The van der Waals surface area contributed by atoms with Crippen molar-refractivity contribution in [3.8, 4) is 44.5 Å². The SMILES string of the molecule is CC1(C)CCC(C)(C)c2c(-c3ccc(N(c4ccc(-c5ccccc5)cc4)c4cc5c(cc4-c4cccc6c4C(C)(C)CCC6(C)C)-c4ccccc4C5(C)C)cc3)cccc21. The minimum Gasteiger partial charge on any atom is -0.310 e. The summed E-state index contributed by atoms with van der Waals surface area (Å²) in [4.78, 5) is 2.56. The lowest BCUT2D eigenvalue weighted by atomic mass is 9.61. The zero-order chi connectivity index (χ0) is 43.4. The second-order valence-corrected chi connectivity index (χ2v) is 21.9. The molecule has 0 aliphatic heterocycles. The molecule has 0 fully saturated rings. The number of nitrogens with zero attached hydrogens (tertiary/aromatic N) is 1. The first-order valence-electron chi connectivity index (χ1n) is 23.1. The van der Waals surface area contributed by atoms with E-state index in [1.807, 2.05) is 0 Å². The lowest BCUT2D eigenvalue weighted by molar-refractivity contribution is 0.333. The summed E-state index contributed by atoms with van der Waals surface area (Å²) in [6.07, 6.45) is 4.73. The van der Waals surface area contributed by atoms with E-state index in [1.54, 1.807) is 0 Å². The molecule has 0 saturated heterocycles. The van der Waals surface area contributed by atoms with Gasteiger partial charge in [0.05, 0.1) is 5.69 Å². The maximum absolute atomic E-state index is 2.56. The number of hydrogen-bond acceptors (Lipinski definition) is 1. The number of hydrogen-bond donors (Lipinski definition) is 0. The van der Waals surface area contributed by atoms with Gasteiger partial charge in [0.15, 0.2) is 0 Å². The fraction of sp³-hybridized carbons (Fsp3) is 0.311. The van der Waals surface area contributed by atoms with Crippen LogP contribution in [0.3, 0.4) is 0 Å². The van der Waals surface area contributed by atoms with Crippen molar-refractivity contribution in [2.45, 2.75) is 122 Å². The van der Waals surface area contributed by atoms with Crippen molar-refractivity contribution in [2.24, 2.45) is 0 Å². The van der Waals surface area contributed by atoms with Gasteiger partial charge in [-0.2, -0.15) is 0 Å². The maximum Gasteiger partial charge on any atom is 0.0543 e. The van der Waals surface area contributed by atoms with Crippen molar-refractivity contribution < 1.29 is 0 Å². The van der Waals surface area contributed by atoms with E-state index in [2.05, 4.69) is 226 Å². The van der Waals surface area contributed by atoms with Gasteiger partial charge in [0, 0.05) is 22.4 Å². The Bertz CT molecular complexity index is 2850. The van der Waals surface area contributed by atoms with E-state index in [-0.39, 0.29) is 27.1 Å². The molecular weight excluding hydrogens is 747 g/mol. The molecule has 0 unspecified atom stereocenters. The molecule has 3 aliphatic rings. The van der Waals surface area contributed by atoms with E-state index < -0.39 is 0 Å².